The summed E-state index contributed by atoms with van der Waals surface area (Å²) in [4.78, 5) is 19.2. The fourth-order valence-corrected chi connectivity index (χ4v) is 7.40. The molecule has 8 rings (SSSR count). The van der Waals surface area contributed by atoms with Crippen LogP contribution in [-0.4, -0.2) is 57.4 Å². The molecule has 5 atom stereocenters. The zero-order valence-corrected chi connectivity index (χ0v) is 23.5. The Kier molecular flexibility index (Phi) is 6.17. The Morgan fingerprint density at radius 1 is 1.10 bits per heavy atom. The average molecular weight is 590 g/mol. The van der Waals surface area contributed by atoms with Crippen LogP contribution in [0, 0.1) is 5.82 Å². The fraction of sp³-hybridized carbons (Fsp3) is 0.375. The Morgan fingerprint density at radius 2 is 1.98 bits per heavy atom. The van der Waals surface area contributed by atoms with Crippen LogP contribution >= 0.6 is 11.6 Å². The van der Waals surface area contributed by atoms with E-state index < -0.39 is 17.9 Å². The molecule has 0 bridgehead atoms. The Bertz CT molecular complexity index is 1720. The lowest BCUT2D eigenvalue weighted by atomic mass is 9.79. The third-order valence-electron chi connectivity index (χ3n) is 9.33. The highest BCUT2D eigenvalue weighted by Crippen LogP contribution is 2.49. The van der Waals surface area contributed by atoms with Crippen molar-refractivity contribution in [3.8, 4) is 11.5 Å². The normalized spacial score (nSPS) is 26.8. The molecule has 2 saturated heterocycles. The lowest BCUT2D eigenvalue weighted by Gasteiger charge is -2.51. The molecule has 216 valence electrons. The van der Waals surface area contributed by atoms with Gasteiger partial charge in [-0.25, -0.2) is 14.2 Å². The van der Waals surface area contributed by atoms with Crippen LogP contribution in [0.5, 0.6) is 11.5 Å². The van der Waals surface area contributed by atoms with Crippen LogP contribution in [0.3, 0.4) is 0 Å². The maximum Gasteiger partial charge on any atom is 0.335 e. The molecule has 1 N–H and O–H groups in total. The molecule has 10 heteroatoms. The zero-order valence-electron chi connectivity index (χ0n) is 22.7. The van der Waals surface area contributed by atoms with Gasteiger partial charge in [0, 0.05) is 28.8 Å². The van der Waals surface area contributed by atoms with Crippen molar-refractivity contribution in [1.82, 2.24) is 14.5 Å². The first-order valence-corrected chi connectivity index (χ1v) is 14.8. The largest absolute Gasteiger partial charge is 0.485 e. The summed E-state index contributed by atoms with van der Waals surface area (Å²) in [7, 11) is 0. The van der Waals surface area contributed by atoms with Gasteiger partial charge in [-0.2, -0.15) is 0 Å². The van der Waals surface area contributed by atoms with E-state index in [0.29, 0.717) is 28.6 Å². The summed E-state index contributed by atoms with van der Waals surface area (Å²) in [6.07, 6.45) is 2.19. The highest BCUT2D eigenvalue weighted by molar-refractivity contribution is 6.30. The van der Waals surface area contributed by atoms with E-state index in [4.69, 9.17) is 30.8 Å². The molecule has 0 saturated carbocycles. The summed E-state index contributed by atoms with van der Waals surface area (Å²) >= 11 is 5.99. The second kappa shape index (κ2) is 9.97. The third-order valence-corrected chi connectivity index (χ3v) is 9.57. The quantitative estimate of drug-likeness (QED) is 0.306. The van der Waals surface area contributed by atoms with Gasteiger partial charge in [0.25, 0.3) is 0 Å². The summed E-state index contributed by atoms with van der Waals surface area (Å²) in [6, 6.07) is 16.0. The van der Waals surface area contributed by atoms with Crippen molar-refractivity contribution in [2.24, 2.45) is 0 Å². The second-order valence-electron chi connectivity index (χ2n) is 11.6. The molecule has 8 nitrogen and oxygen atoms in total. The number of ether oxygens (including phenoxy) is 3. The Labute approximate surface area is 246 Å². The molecule has 2 fully saturated rings. The minimum Gasteiger partial charge on any atom is -0.485 e. The minimum absolute atomic E-state index is 0.00645. The number of nitrogens with zero attached hydrogens (tertiary/aromatic N) is 3. The first kappa shape index (κ1) is 26.0. The molecule has 4 aromatic rings. The summed E-state index contributed by atoms with van der Waals surface area (Å²) in [5.74, 6) is 1.12. The minimum atomic E-state index is -0.952. The molecule has 4 aliphatic heterocycles. The van der Waals surface area contributed by atoms with Crippen molar-refractivity contribution >= 4 is 28.6 Å². The Balaban J connectivity index is 1.14. The topological polar surface area (TPSA) is 86.0 Å². The zero-order chi connectivity index (χ0) is 28.5. The van der Waals surface area contributed by atoms with Gasteiger partial charge in [0.05, 0.1) is 35.3 Å². The Hall–Kier alpha value is -3.66. The van der Waals surface area contributed by atoms with E-state index >= 15 is 0 Å². The van der Waals surface area contributed by atoms with Crippen LogP contribution in [0.2, 0.25) is 5.02 Å². The first-order valence-electron chi connectivity index (χ1n) is 14.4. The lowest BCUT2D eigenvalue weighted by Crippen LogP contribution is -2.55. The van der Waals surface area contributed by atoms with Gasteiger partial charge in [0.15, 0.2) is 17.6 Å². The van der Waals surface area contributed by atoms with Gasteiger partial charge in [0.1, 0.15) is 18.2 Å². The smallest absolute Gasteiger partial charge is 0.335 e. The number of rotatable bonds is 4. The van der Waals surface area contributed by atoms with E-state index in [0.717, 1.165) is 54.8 Å². The predicted octanol–water partition coefficient (Wildman–Crippen LogP) is 6.13. The highest BCUT2D eigenvalue weighted by atomic mass is 35.5. The van der Waals surface area contributed by atoms with Gasteiger partial charge in [0.2, 0.25) is 0 Å². The fourth-order valence-electron chi connectivity index (χ4n) is 7.24. The maximum atomic E-state index is 14.8. The molecule has 4 aliphatic rings. The van der Waals surface area contributed by atoms with Crippen molar-refractivity contribution in [1.29, 1.82) is 0 Å². The number of hydrogen-bond donors (Lipinski definition) is 1. The van der Waals surface area contributed by atoms with Crippen LogP contribution in [0.25, 0.3) is 11.0 Å². The van der Waals surface area contributed by atoms with Gasteiger partial charge in [-0.05, 0) is 68.1 Å². The van der Waals surface area contributed by atoms with E-state index in [1.54, 1.807) is 30.3 Å². The van der Waals surface area contributed by atoms with Crippen molar-refractivity contribution in [2.45, 2.75) is 56.0 Å². The molecular weight excluding hydrogens is 561 g/mol. The monoisotopic (exact) mass is 589 g/mol. The lowest BCUT2D eigenvalue weighted by molar-refractivity contribution is -0.112. The third kappa shape index (κ3) is 4.17. The van der Waals surface area contributed by atoms with E-state index in [9.17, 15) is 14.3 Å². The molecule has 5 heterocycles. The highest BCUT2D eigenvalue weighted by Gasteiger charge is 2.47. The number of benzene rings is 3. The number of aromatic carboxylic acids is 1. The standard InChI is InChI=1S/C32H29ClFN3O5/c33-19-5-6-21(22(34)14-19)28-16-41-27-3-1-2-20(31(27)42-28)17-8-10-36-15-29-35-23-7-4-18(32(38)39)13-24(23)37(29)30(25(36)12-17)26-9-11-40-26/h1-7,13-14,17,25-26,28,30H,8-12,15-16H2,(H,38,39)/t17?,25-,26+,28?,30?/m1/s1. The number of imidazole rings is 1. The van der Waals surface area contributed by atoms with Crippen LogP contribution in [0.15, 0.2) is 54.6 Å². The van der Waals surface area contributed by atoms with Crippen LogP contribution in [0.4, 0.5) is 4.39 Å². The van der Waals surface area contributed by atoms with Crippen molar-refractivity contribution < 1.29 is 28.5 Å². The molecule has 0 aliphatic carbocycles. The number of hydrogen-bond acceptors (Lipinski definition) is 6. The van der Waals surface area contributed by atoms with Gasteiger partial charge in [-0.3, -0.25) is 4.90 Å². The number of para-hydroxylation sites is 1. The molecule has 42 heavy (non-hydrogen) atoms. The summed E-state index contributed by atoms with van der Waals surface area (Å²) < 4.78 is 35.7. The molecule has 0 radical (unpaired) electrons. The van der Waals surface area contributed by atoms with E-state index in [-0.39, 0.29) is 36.3 Å². The number of carboxylic acid groups (broad SMARTS) is 1. The molecule has 3 aromatic carbocycles. The summed E-state index contributed by atoms with van der Waals surface area (Å²) in [6.45, 7) is 2.51. The predicted molar refractivity (Wildman–Crippen MR) is 153 cm³/mol. The van der Waals surface area contributed by atoms with Gasteiger partial charge in [-0.1, -0.05) is 29.8 Å². The number of fused-ring (bicyclic) bond motifs is 5. The molecule has 3 unspecified atom stereocenters. The number of halogens is 2. The molecule has 0 spiro atoms. The Morgan fingerprint density at radius 3 is 2.76 bits per heavy atom. The molecule has 1 aromatic heterocycles. The maximum absolute atomic E-state index is 14.8. The average Bonchev–Trinajstić information content (AvgIpc) is 3.32. The number of carbonyl (C=O) groups is 1. The van der Waals surface area contributed by atoms with Crippen LogP contribution in [0.1, 0.15) is 64.6 Å². The van der Waals surface area contributed by atoms with Crippen LogP contribution in [-0.2, 0) is 11.3 Å². The van der Waals surface area contributed by atoms with Crippen molar-refractivity contribution in [3.05, 3.63) is 88.0 Å². The van der Waals surface area contributed by atoms with E-state index in [1.165, 1.54) is 6.07 Å². The van der Waals surface area contributed by atoms with Crippen LogP contribution < -0.4 is 9.47 Å². The number of carboxylic acids is 1. The van der Waals surface area contributed by atoms with Crippen molar-refractivity contribution in [2.75, 3.05) is 19.8 Å². The summed E-state index contributed by atoms with van der Waals surface area (Å²) in [5.41, 5.74) is 3.38. The SMILES string of the molecule is O=C(O)c1ccc2nc3n(c2c1)C([C@@H]1CCO1)[C@H]1CC(c2cccc4c2OC(c2ccc(Cl)cc2F)CO4)CCN1C3. The number of aromatic nitrogens is 2. The summed E-state index contributed by atoms with van der Waals surface area (Å²) in [5, 5.41) is 10.0. The van der Waals surface area contributed by atoms with E-state index in [2.05, 4.69) is 15.5 Å². The first-order chi connectivity index (χ1) is 20.4. The van der Waals surface area contributed by atoms with Gasteiger partial charge >= 0.3 is 5.97 Å². The molecule has 0 amide bonds. The van der Waals surface area contributed by atoms with E-state index in [1.807, 2.05) is 12.1 Å². The number of piperidine rings is 1. The van der Waals surface area contributed by atoms with Gasteiger partial charge < -0.3 is 23.9 Å². The van der Waals surface area contributed by atoms with Crippen molar-refractivity contribution in [3.63, 3.8) is 0 Å². The van der Waals surface area contributed by atoms with Gasteiger partial charge in [-0.15, -0.1) is 0 Å². The second-order valence-corrected chi connectivity index (χ2v) is 12.0. The molecular formula is C32H29ClFN3O5.